The van der Waals surface area contributed by atoms with Gasteiger partial charge in [0, 0.05) is 25.7 Å². The number of aliphatic hydroxyl groups is 1. The molecule has 0 saturated carbocycles. The Labute approximate surface area is 638 Å². The molecular weight excluding hydrogens is 1350 g/mol. The predicted molar refractivity (Wildman–Crippen MR) is 428 cm³/mol. The summed E-state index contributed by atoms with van der Waals surface area (Å²) < 4.78 is 68.8. The van der Waals surface area contributed by atoms with Gasteiger partial charge in [0.25, 0.3) is 0 Å². The van der Waals surface area contributed by atoms with E-state index < -0.39 is 97.5 Å². The Morgan fingerprint density at radius 3 is 0.731 bits per heavy atom. The minimum Gasteiger partial charge on any atom is -0.462 e. The number of aliphatic hydroxyl groups excluding tert-OH is 1. The maximum absolute atomic E-state index is 13.1. The van der Waals surface area contributed by atoms with Crippen molar-refractivity contribution in [3.63, 3.8) is 0 Å². The number of hydrogen-bond donors (Lipinski definition) is 3. The van der Waals surface area contributed by atoms with E-state index in [0.717, 1.165) is 108 Å². The van der Waals surface area contributed by atoms with Crippen LogP contribution >= 0.6 is 15.6 Å². The van der Waals surface area contributed by atoms with Crippen molar-refractivity contribution >= 4 is 39.5 Å². The van der Waals surface area contributed by atoms with Crippen molar-refractivity contribution in [2.45, 2.75) is 465 Å². The number of hydrogen-bond acceptors (Lipinski definition) is 15. The lowest BCUT2D eigenvalue weighted by molar-refractivity contribution is -0.161. The fourth-order valence-electron chi connectivity index (χ4n) is 13.1. The topological polar surface area (TPSA) is 237 Å². The van der Waals surface area contributed by atoms with Gasteiger partial charge in [-0.2, -0.15) is 0 Å². The number of esters is 4. The first-order chi connectivity index (χ1) is 50.3. The molecule has 3 N–H and O–H groups in total. The fourth-order valence-corrected chi connectivity index (χ4v) is 14.7. The van der Waals surface area contributed by atoms with Crippen molar-refractivity contribution in [3.8, 4) is 0 Å². The van der Waals surface area contributed by atoms with Crippen molar-refractivity contribution in [2.24, 2.45) is 17.8 Å². The van der Waals surface area contributed by atoms with Crippen LogP contribution in [0.1, 0.15) is 447 Å². The molecule has 0 rings (SSSR count). The molecule has 0 aromatic heterocycles. The highest BCUT2D eigenvalue weighted by Gasteiger charge is 2.30. The molecule has 0 bridgehead atoms. The van der Waals surface area contributed by atoms with Crippen LogP contribution in [-0.4, -0.2) is 96.7 Å². The highest BCUT2D eigenvalue weighted by molar-refractivity contribution is 7.47. The van der Waals surface area contributed by atoms with Crippen LogP contribution in [0.4, 0.5) is 0 Å². The maximum Gasteiger partial charge on any atom is 0.472 e. The van der Waals surface area contributed by atoms with Crippen molar-refractivity contribution in [1.82, 2.24) is 0 Å². The molecule has 0 saturated heterocycles. The van der Waals surface area contributed by atoms with Crippen LogP contribution in [0, 0.1) is 17.8 Å². The minimum atomic E-state index is -4.97. The van der Waals surface area contributed by atoms with E-state index >= 15 is 0 Å². The van der Waals surface area contributed by atoms with Gasteiger partial charge in [-0.05, 0) is 43.4 Å². The van der Waals surface area contributed by atoms with E-state index in [1.807, 2.05) is 0 Å². The van der Waals surface area contributed by atoms with E-state index in [2.05, 4.69) is 48.5 Å². The Kier molecular flexibility index (Phi) is 73.7. The smallest absolute Gasteiger partial charge is 0.462 e. The van der Waals surface area contributed by atoms with Crippen molar-refractivity contribution in [2.75, 3.05) is 39.6 Å². The predicted octanol–water partition coefficient (Wildman–Crippen LogP) is 25.7. The second kappa shape index (κ2) is 75.1. The SMILES string of the molecule is CCCCCCCCCCCCCCCCCCCCCC(=O)O[C@H](COC(=O)CCCCCCCCCCCCCCCCC(C)CC)COP(=O)(O)OC[C@@H](O)COP(=O)(O)OC[C@@H](COC(=O)CCCCCCCCC(C)C)OC(=O)CCCCCCCCCCCCCCCCC(C)CC. The summed E-state index contributed by atoms with van der Waals surface area (Å²) in [5.74, 6) is 0.267. The molecule has 0 radical (unpaired) electrons. The zero-order valence-electron chi connectivity index (χ0n) is 68.5. The highest BCUT2D eigenvalue weighted by atomic mass is 31.2. The summed E-state index contributed by atoms with van der Waals surface area (Å²) >= 11 is 0. The monoisotopic (exact) mass is 1520 g/mol. The van der Waals surface area contributed by atoms with Gasteiger partial charge in [0.2, 0.25) is 0 Å². The molecule has 19 heteroatoms. The van der Waals surface area contributed by atoms with Gasteiger partial charge in [-0.25, -0.2) is 9.13 Å². The third-order valence-electron chi connectivity index (χ3n) is 20.6. The summed E-state index contributed by atoms with van der Waals surface area (Å²) in [6, 6.07) is 0. The van der Waals surface area contributed by atoms with Gasteiger partial charge in [0.05, 0.1) is 26.4 Å². The van der Waals surface area contributed by atoms with Crippen LogP contribution < -0.4 is 0 Å². The normalized spacial score (nSPS) is 14.4. The Bertz CT molecular complexity index is 2010. The molecule has 0 aliphatic rings. The molecule has 0 spiro atoms. The van der Waals surface area contributed by atoms with Crippen LogP contribution in [0.25, 0.3) is 0 Å². The number of carbonyl (C=O) groups excluding carboxylic acids is 4. The summed E-state index contributed by atoms with van der Waals surface area (Å²) in [7, 11) is -9.93. The second-order valence-electron chi connectivity index (χ2n) is 31.5. The van der Waals surface area contributed by atoms with E-state index in [0.29, 0.717) is 31.6 Å². The minimum absolute atomic E-state index is 0.107. The Morgan fingerprint density at radius 2 is 0.490 bits per heavy atom. The Morgan fingerprint density at radius 1 is 0.279 bits per heavy atom. The number of unbranched alkanes of at least 4 members (excludes halogenated alkanes) is 49. The molecule has 0 amide bonds. The quantitative estimate of drug-likeness (QED) is 0.0222. The largest absolute Gasteiger partial charge is 0.472 e. The van der Waals surface area contributed by atoms with E-state index in [1.165, 1.54) is 250 Å². The van der Waals surface area contributed by atoms with Gasteiger partial charge in [-0.1, -0.05) is 395 Å². The Hall–Kier alpha value is -1.94. The number of ether oxygens (including phenoxy) is 4. The van der Waals surface area contributed by atoms with Crippen molar-refractivity contribution in [1.29, 1.82) is 0 Å². The van der Waals surface area contributed by atoms with Crippen LogP contribution in [0.15, 0.2) is 0 Å². The number of rotatable bonds is 83. The number of phosphoric ester groups is 2. The molecule has 104 heavy (non-hydrogen) atoms. The second-order valence-corrected chi connectivity index (χ2v) is 34.4. The van der Waals surface area contributed by atoms with E-state index in [9.17, 15) is 43.2 Å². The molecule has 4 unspecified atom stereocenters. The molecule has 0 aliphatic heterocycles. The first-order valence-corrected chi connectivity index (χ1v) is 46.9. The molecule has 618 valence electrons. The highest BCUT2D eigenvalue weighted by Crippen LogP contribution is 2.45. The average molecular weight is 1520 g/mol. The standard InChI is InChI=1S/C85H166O17P2/c1-8-11-12-13-14-15-16-17-18-19-20-21-22-30-35-40-45-54-61-68-84(89)101-80(72-95-82(87)66-59-52-44-39-34-29-25-23-27-32-37-42-50-57-64-77(6)9-2)74-99-103(91,92)97-70-79(86)71-98-104(93,94)100-75-81(73-96-83(88)67-60-53-48-47-49-56-63-76(4)5)102-85(90)69-62-55-46-41-36-31-26-24-28-33-38-43-51-58-65-78(7)10-3/h76-81,86H,8-75H2,1-7H3,(H,91,92)(H,93,94)/t77?,78?,79-,80-,81-/m1/s1. The molecule has 0 aromatic carbocycles. The third kappa shape index (κ3) is 75.5. The number of carbonyl (C=O) groups is 4. The zero-order valence-corrected chi connectivity index (χ0v) is 70.3. The van der Waals surface area contributed by atoms with Gasteiger partial charge < -0.3 is 33.8 Å². The van der Waals surface area contributed by atoms with Gasteiger partial charge in [0.15, 0.2) is 12.2 Å². The van der Waals surface area contributed by atoms with Crippen LogP contribution in [0.2, 0.25) is 0 Å². The Balaban J connectivity index is 5.22. The van der Waals surface area contributed by atoms with Crippen LogP contribution in [0.5, 0.6) is 0 Å². The summed E-state index contributed by atoms with van der Waals surface area (Å²) in [6.07, 6.45) is 65.3. The maximum atomic E-state index is 13.1. The van der Waals surface area contributed by atoms with Gasteiger partial charge in [-0.3, -0.25) is 37.3 Å². The van der Waals surface area contributed by atoms with Crippen molar-refractivity contribution < 1.29 is 80.2 Å². The lowest BCUT2D eigenvalue weighted by Crippen LogP contribution is -2.30. The first kappa shape index (κ1) is 102. The van der Waals surface area contributed by atoms with Crippen LogP contribution in [-0.2, 0) is 65.4 Å². The molecular formula is C85H166O17P2. The van der Waals surface area contributed by atoms with Crippen molar-refractivity contribution in [3.05, 3.63) is 0 Å². The number of phosphoric acid groups is 2. The summed E-state index contributed by atoms with van der Waals surface area (Å²) in [5, 5.41) is 10.7. The molecule has 0 fully saturated rings. The lowest BCUT2D eigenvalue weighted by atomic mass is 9.99. The molecule has 17 nitrogen and oxygen atoms in total. The van der Waals surface area contributed by atoms with E-state index in [4.69, 9.17) is 37.0 Å². The molecule has 0 aromatic rings. The first-order valence-electron chi connectivity index (χ1n) is 43.9. The summed E-state index contributed by atoms with van der Waals surface area (Å²) in [5.41, 5.74) is 0. The van der Waals surface area contributed by atoms with E-state index in [-0.39, 0.29) is 25.7 Å². The van der Waals surface area contributed by atoms with Crippen LogP contribution in [0.3, 0.4) is 0 Å². The van der Waals surface area contributed by atoms with Gasteiger partial charge in [-0.15, -0.1) is 0 Å². The average Bonchev–Trinajstić information content (AvgIpc) is 0.907. The van der Waals surface area contributed by atoms with Gasteiger partial charge in [0.1, 0.15) is 19.3 Å². The van der Waals surface area contributed by atoms with Gasteiger partial charge >= 0.3 is 39.5 Å². The zero-order chi connectivity index (χ0) is 76.5. The fraction of sp³-hybridized carbons (Fsp3) is 0.953. The third-order valence-corrected chi connectivity index (χ3v) is 22.5. The molecule has 0 aliphatic carbocycles. The van der Waals surface area contributed by atoms with E-state index in [1.54, 1.807) is 0 Å². The summed E-state index contributed by atoms with van der Waals surface area (Å²) in [4.78, 5) is 73.1. The molecule has 0 heterocycles. The summed E-state index contributed by atoms with van der Waals surface area (Å²) in [6.45, 7) is 12.0. The lowest BCUT2D eigenvalue weighted by Gasteiger charge is -2.21. The molecule has 7 atom stereocenters.